The summed E-state index contributed by atoms with van der Waals surface area (Å²) in [7, 11) is 0. The summed E-state index contributed by atoms with van der Waals surface area (Å²) in [6.45, 7) is 4.35. The van der Waals surface area contributed by atoms with Crippen molar-refractivity contribution >= 4 is 11.6 Å². The van der Waals surface area contributed by atoms with Gasteiger partial charge >= 0.3 is 0 Å². The van der Waals surface area contributed by atoms with Crippen molar-refractivity contribution in [2.24, 2.45) is 5.92 Å². The van der Waals surface area contributed by atoms with Gasteiger partial charge in [-0.15, -0.1) is 0 Å². The molecule has 0 aromatic heterocycles. The summed E-state index contributed by atoms with van der Waals surface area (Å²) in [6, 6.07) is 8.29. The standard InChI is InChI=1S/C28H33F3O/c1-3-4-5-6-7-18-32-24-16-17-25(26(29)19-24)22-13-9-21(10-14-22)11-15-23-12-8-20(2)27(30)28(23)31/h8,11-13,15-17,19,21H,3-7,9-10,14,18H2,1-2H3/b15-11+. The number of hydrogen-bond donors (Lipinski definition) is 0. The highest BCUT2D eigenvalue weighted by atomic mass is 19.2. The van der Waals surface area contributed by atoms with Crippen molar-refractivity contribution in [3.63, 3.8) is 0 Å². The van der Waals surface area contributed by atoms with Gasteiger partial charge in [-0.25, -0.2) is 13.2 Å². The minimum absolute atomic E-state index is 0.223. The second-order valence-corrected chi connectivity index (χ2v) is 8.63. The van der Waals surface area contributed by atoms with Crippen LogP contribution in [0.3, 0.4) is 0 Å². The van der Waals surface area contributed by atoms with E-state index in [0.717, 1.165) is 37.7 Å². The van der Waals surface area contributed by atoms with Crippen LogP contribution in [-0.2, 0) is 0 Å². The highest BCUT2D eigenvalue weighted by Gasteiger charge is 2.17. The van der Waals surface area contributed by atoms with Crippen molar-refractivity contribution in [2.75, 3.05) is 6.61 Å². The van der Waals surface area contributed by atoms with E-state index in [-0.39, 0.29) is 17.3 Å². The van der Waals surface area contributed by atoms with E-state index < -0.39 is 11.6 Å². The number of halogens is 3. The molecule has 0 fully saturated rings. The third-order valence-corrected chi connectivity index (χ3v) is 6.11. The Labute approximate surface area is 190 Å². The van der Waals surface area contributed by atoms with Crippen LogP contribution in [0.2, 0.25) is 0 Å². The molecule has 1 aliphatic rings. The van der Waals surface area contributed by atoms with Crippen LogP contribution in [0.25, 0.3) is 11.6 Å². The summed E-state index contributed by atoms with van der Waals surface area (Å²) in [4.78, 5) is 0. The van der Waals surface area contributed by atoms with Crippen LogP contribution in [-0.4, -0.2) is 6.61 Å². The zero-order chi connectivity index (χ0) is 22.9. The Balaban J connectivity index is 1.54. The maximum Gasteiger partial charge on any atom is 0.166 e. The number of rotatable bonds is 10. The molecule has 1 nitrogen and oxygen atoms in total. The molecule has 1 unspecified atom stereocenters. The number of aryl methyl sites for hydroxylation is 1. The molecular formula is C28H33F3O. The summed E-state index contributed by atoms with van der Waals surface area (Å²) in [5, 5.41) is 0. The van der Waals surface area contributed by atoms with Crippen LogP contribution in [0.4, 0.5) is 13.2 Å². The lowest BCUT2D eigenvalue weighted by Crippen LogP contribution is -2.04. The van der Waals surface area contributed by atoms with Crippen molar-refractivity contribution in [1.82, 2.24) is 0 Å². The normalized spacial score (nSPS) is 16.4. The van der Waals surface area contributed by atoms with Gasteiger partial charge in [-0.2, -0.15) is 0 Å². The number of unbranched alkanes of at least 4 members (excludes halogenated alkanes) is 4. The monoisotopic (exact) mass is 442 g/mol. The molecule has 0 amide bonds. The van der Waals surface area contributed by atoms with Gasteiger partial charge in [0.1, 0.15) is 11.6 Å². The van der Waals surface area contributed by atoms with Crippen molar-refractivity contribution < 1.29 is 17.9 Å². The van der Waals surface area contributed by atoms with E-state index in [1.54, 1.807) is 31.2 Å². The predicted molar refractivity (Wildman–Crippen MR) is 126 cm³/mol. The molecule has 0 N–H and O–H groups in total. The van der Waals surface area contributed by atoms with Crippen molar-refractivity contribution in [3.05, 3.63) is 76.6 Å². The largest absolute Gasteiger partial charge is 0.493 e. The zero-order valence-electron chi connectivity index (χ0n) is 19.1. The highest BCUT2D eigenvalue weighted by molar-refractivity contribution is 5.67. The molecule has 32 heavy (non-hydrogen) atoms. The van der Waals surface area contributed by atoms with Crippen LogP contribution in [0.15, 0.2) is 42.5 Å². The summed E-state index contributed by atoms with van der Waals surface area (Å²) in [6.07, 6.45) is 13.8. The molecule has 0 spiro atoms. The van der Waals surface area contributed by atoms with E-state index >= 15 is 0 Å². The average molecular weight is 443 g/mol. The lowest BCUT2D eigenvalue weighted by molar-refractivity contribution is 0.303. The molecule has 2 aromatic rings. The minimum atomic E-state index is -0.807. The average Bonchev–Trinajstić information content (AvgIpc) is 2.80. The molecule has 0 aliphatic heterocycles. The molecule has 0 saturated heterocycles. The molecule has 0 heterocycles. The fourth-order valence-corrected chi connectivity index (χ4v) is 4.04. The molecule has 0 radical (unpaired) electrons. The minimum Gasteiger partial charge on any atom is -0.493 e. The first-order chi connectivity index (χ1) is 15.5. The topological polar surface area (TPSA) is 9.23 Å². The van der Waals surface area contributed by atoms with E-state index in [2.05, 4.69) is 13.0 Å². The first-order valence-corrected chi connectivity index (χ1v) is 11.7. The number of benzene rings is 2. The SMILES string of the molecule is CCCCCCCOc1ccc(C2=CCC(/C=C/c3ccc(C)c(F)c3F)CC2)c(F)c1. The van der Waals surface area contributed by atoms with Crippen molar-refractivity contribution in [3.8, 4) is 5.75 Å². The quantitative estimate of drug-likeness (QED) is 0.335. The maximum atomic E-state index is 14.7. The smallest absolute Gasteiger partial charge is 0.166 e. The van der Waals surface area contributed by atoms with Gasteiger partial charge in [0.2, 0.25) is 0 Å². The van der Waals surface area contributed by atoms with Crippen LogP contribution in [0.5, 0.6) is 5.75 Å². The van der Waals surface area contributed by atoms with E-state index in [1.165, 1.54) is 25.3 Å². The Morgan fingerprint density at radius 1 is 1.00 bits per heavy atom. The predicted octanol–water partition coefficient (Wildman–Crippen LogP) is 8.66. The van der Waals surface area contributed by atoms with E-state index in [4.69, 9.17) is 4.74 Å². The Hall–Kier alpha value is -2.49. The summed E-state index contributed by atoms with van der Waals surface area (Å²) < 4.78 is 48.1. The Morgan fingerprint density at radius 3 is 2.53 bits per heavy atom. The summed E-state index contributed by atoms with van der Waals surface area (Å²) in [5.41, 5.74) is 2.17. The lowest BCUT2D eigenvalue weighted by Gasteiger charge is -2.20. The lowest BCUT2D eigenvalue weighted by atomic mass is 9.86. The van der Waals surface area contributed by atoms with E-state index in [9.17, 15) is 13.2 Å². The number of ether oxygens (including phenoxy) is 1. The molecule has 4 heteroatoms. The molecule has 1 atom stereocenters. The van der Waals surface area contributed by atoms with E-state index in [1.807, 2.05) is 12.1 Å². The van der Waals surface area contributed by atoms with Gasteiger partial charge in [0.25, 0.3) is 0 Å². The molecular weight excluding hydrogens is 409 g/mol. The van der Waals surface area contributed by atoms with Gasteiger partial charge in [0, 0.05) is 17.2 Å². The first kappa shape index (κ1) is 24.2. The third kappa shape index (κ3) is 6.51. The number of allylic oxidation sites excluding steroid dienone is 3. The Morgan fingerprint density at radius 2 is 1.81 bits per heavy atom. The van der Waals surface area contributed by atoms with E-state index in [0.29, 0.717) is 23.5 Å². The fraction of sp³-hybridized carbons (Fsp3) is 0.429. The van der Waals surface area contributed by atoms with Gasteiger partial charge < -0.3 is 4.74 Å². The molecule has 172 valence electrons. The van der Waals surface area contributed by atoms with Crippen LogP contribution < -0.4 is 4.74 Å². The van der Waals surface area contributed by atoms with Gasteiger partial charge in [-0.05, 0) is 61.8 Å². The fourth-order valence-electron chi connectivity index (χ4n) is 4.04. The summed E-state index contributed by atoms with van der Waals surface area (Å²) >= 11 is 0. The van der Waals surface area contributed by atoms with Crippen LogP contribution in [0.1, 0.15) is 75.0 Å². The molecule has 2 aromatic carbocycles. The van der Waals surface area contributed by atoms with Gasteiger partial charge in [0.05, 0.1) is 6.61 Å². The zero-order valence-corrected chi connectivity index (χ0v) is 19.1. The van der Waals surface area contributed by atoms with Crippen LogP contribution >= 0.6 is 0 Å². The second-order valence-electron chi connectivity index (χ2n) is 8.63. The maximum absolute atomic E-state index is 14.7. The van der Waals surface area contributed by atoms with Gasteiger partial charge in [0.15, 0.2) is 11.6 Å². The number of hydrogen-bond acceptors (Lipinski definition) is 1. The molecule has 0 bridgehead atoms. The third-order valence-electron chi connectivity index (χ3n) is 6.11. The first-order valence-electron chi connectivity index (χ1n) is 11.7. The Kier molecular flexibility index (Phi) is 9.01. The second kappa shape index (κ2) is 11.9. The molecule has 0 saturated carbocycles. The van der Waals surface area contributed by atoms with Gasteiger partial charge in [-0.1, -0.05) is 63.0 Å². The Bertz CT molecular complexity index is 961. The summed E-state index contributed by atoms with van der Waals surface area (Å²) in [5.74, 6) is -1.06. The molecule has 1 aliphatic carbocycles. The molecule has 3 rings (SSSR count). The van der Waals surface area contributed by atoms with Crippen molar-refractivity contribution in [1.29, 1.82) is 0 Å². The highest BCUT2D eigenvalue weighted by Crippen LogP contribution is 2.33. The van der Waals surface area contributed by atoms with Crippen LogP contribution in [0, 0.1) is 30.3 Å². The van der Waals surface area contributed by atoms with Gasteiger partial charge in [-0.3, -0.25) is 0 Å². The van der Waals surface area contributed by atoms with Crippen molar-refractivity contribution in [2.45, 2.75) is 65.2 Å².